The van der Waals surface area contributed by atoms with Crippen LogP contribution in [0.5, 0.6) is 5.75 Å². The molecule has 0 saturated carbocycles. The molecule has 1 heterocycles. The van der Waals surface area contributed by atoms with Gasteiger partial charge in [0.25, 0.3) is 0 Å². The maximum Gasteiger partial charge on any atom is 0.320 e. The Morgan fingerprint density at radius 3 is 3.06 bits per heavy atom. The maximum absolute atomic E-state index is 10.9. The first-order valence-electron chi connectivity index (χ1n) is 6.25. The van der Waals surface area contributed by atoms with Crippen molar-refractivity contribution in [2.75, 3.05) is 13.7 Å². The number of carboxylic acids is 1. The Kier molecular flexibility index (Phi) is 3.87. The van der Waals surface area contributed by atoms with E-state index in [-0.39, 0.29) is 0 Å². The van der Waals surface area contributed by atoms with Crippen LogP contribution >= 0.6 is 0 Å². The van der Waals surface area contributed by atoms with E-state index in [4.69, 9.17) is 9.84 Å². The van der Waals surface area contributed by atoms with E-state index in [0.717, 1.165) is 30.8 Å². The SMILES string of the molecule is CC(C(=O)O)N(C)Cc1ccc2c(c1)CCCO2. The van der Waals surface area contributed by atoms with Gasteiger partial charge in [-0.2, -0.15) is 0 Å². The van der Waals surface area contributed by atoms with Crippen molar-refractivity contribution in [1.29, 1.82) is 0 Å². The van der Waals surface area contributed by atoms with Gasteiger partial charge in [0, 0.05) is 6.54 Å². The van der Waals surface area contributed by atoms with Crippen molar-refractivity contribution in [3.63, 3.8) is 0 Å². The van der Waals surface area contributed by atoms with E-state index in [1.165, 1.54) is 5.56 Å². The molecule has 1 aromatic rings. The Labute approximate surface area is 107 Å². The lowest BCUT2D eigenvalue weighted by atomic mass is 10.0. The molecule has 0 aliphatic carbocycles. The van der Waals surface area contributed by atoms with E-state index in [1.54, 1.807) is 6.92 Å². The lowest BCUT2D eigenvalue weighted by molar-refractivity contribution is -0.142. The summed E-state index contributed by atoms with van der Waals surface area (Å²) in [6, 6.07) is 5.65. The Balaban J connectivity index is 2.08. The predicted molar refractivity (Wildman–Crippen MR) is 68.8 cm³/mol. The number of fused-ring (bicyclic) bond motifs is 1. The minimum absolute atomic E-state index is 0.475. The third kappa shape index (κ3) is 2.82. The van der Waals surface area contributed by atoms with Crippen LogP contribution in [0.3, 0.4) is 0 Å². The molecule has 1 aliphatic rings. The van der Waals surface area contributed by atoms with Gasteiger partial charge < -0.3 is 9.84 Å². The number of carboxylic acid groups (broad SMARTS) is 1. The number of aliphatic carboxylic acids is 1. The highest BCUT2D eigenvalue weighted by Gasteiger charge is 2.17. The smallest absolute Gasteiger partial charge is 0.320 e. The standard InChI is InChI=1S/C14H19NO3/c1-10(14(16)17)15(2)9-11-5-6-13-12(8-11)4-3-7-18-13/h5-6,8,10H,3-4,7,9H2,1-2H3,(H,16,17). The van der Waals surface area contributed by atoms with Gasteiger partial charge in [-0.05, 0) is 44.0 Å². The molecule has 4 heteroatoms. The van der Waals surface area contributed by atoms with E-state index >= 15 is 0 Å². The van der Waals surface area contributed by atoms with Gasteiger partial charge in [0.05, 0.1) is 6.61 Å². The average Bonchev–Trinajstić information content (AvgIpc) is 2.37. The molecule has 0 radical (unpaired) electrons. The number of hydrogen-bond donors (Lipinski definition) is 1. The highest BCUT2D eigenvalue weighted by molar-refractivity contribution is 5.72. The predicted octanol–water partition coefficient (Wildman–Crippen LogP) is 1.92. The number of carbonyl (C=O) groups is 1. The lowest BCUT2D eigenvalue weighted by Crippen LogP contribution is -2.35. The van der Waals surface area contributed by atoms with Gasteiger partial charge in [-0.15, -0.1) is 0 Å². The quantitative estimate of drug-likeness (QED) is 0.885. The molecule has 0 aromatic heterocycles. The maximum atomic E-state index is 10.9. The highest BCUT2D eigenvalue weighted by atomic mass is 16.5. The fraction of sp³-hybridized carbons (Fsp3) is 0.500. The van der Waals surface area contributed by atoms with Gasteiger partial charge in [0.15, 0.2) is 0 Å². The summed E-state index contributed by atoms with van der Waals surface area (Å²) in [5.74, 6) is 0.178. The second-order valence-corrected chi connectivity index (χ2v) is 4.82. The molecule has 0 bridgehead atoms. The van der Waals surface area contributed by atoms with Gasteiger partial charge >= 0.3 is 5.97 Å². The van der Waals surface area contributed by atoms with E-state index in [2.05, 4.69) is 6.07 Å². The first-order chi connectivity index (χ1) is 8.58. The first kappa shape index (κ1) is 12.9. The van der Waals surface area contributed by atoms with Crippen molar-refractivity contribution in [3.05, 3.63) is 29.3 Å². The summed E-state index contributed by atoms with van der Waals surface area (Å²) in [5.41, 5.74) is 2.37. The molecular formula is C14H19NO3. The van der Waals surface area contributed by atoms with Crippen molar-refractivity contribution in [3.8, 4) is 5.75 Å². The molecule has 1 aliphatic heterocycles. The fourth-order valence-corrected chi connectivity index (χ4v) is 2.13. The summed E-state index contributed by atoms with van der Waals surface area (Å²) in [4.78, 5) is 12.7. The normalized spacial score (nSPS) is 15.9. The molecule has 1 atom stereocenters. The molecule has 18 heavy (non-hydrogen) atoms. The molecule has 98 valence electrons. The zero-order valence-electron chi connectivity index (χ0n) is 10.8. The summed E-state index contributed by atoms with van der Waals surface area (Å²) in [5, 5.41) is 8.96. The third-order valence-corrected chi connectivity index (χ3v) is 3.42. The van der Waals surface area contributed by atoms with Crippen molar-refractivity contribution in [1.82, 2.24) is 4.90 Å². The van der Waals surface area contributed by atoms with Gasteiger partial charge in [0.2, 0.25) is 0 Å². The van der Waals surface area contributed by atoms with Crippen molar-refractivity contribution in [2.45, 2.75) is 32.4 Å². The number of benzene rings is 1. The van der Waals surface area contributed by atoms with Crippen LogP contribution in [0, 0.1) is 0 Å². The molecule has 2 rings (SSSR count). The lowest BCUT2D eigenvalue weighted by Gasteiger charge is -2.23. The molecular weight excluding hydrogens is 230 g/mol. The minimum atomic E-state index is -0.793. The molecule has 4 nitrogen and oxygen atoms in total. The van der Waals surface area contributed by atoms with Crippen LogP contribution in [0.1, 0.15) is 24.5 Å². The summed E-state index contributed by atoms with van der Waals surface area (Å²) in [7, 11) is 1.83. The molecule has 0 amide bonds. The molecule has 0 saturated heterocycles. The number of rotatable bonds is 4. The van der Waals surface area contributed by atoms with E-state index in [0.29, 0.717) is 6.54 Å². The summed E-state index contributed by atoms with van der Waals surface area (Å²) in [6.07, 6.45) is 2.10. The Hall–Kier alpha value is -1.55. The largest absolute Gasteiger partial charge is 0.493 e. The van der Waals surface area contributed by atoms with Crippen molar-refractivity contribution < 1.29 is 14.6 Å². The van der Waals surface area contributed by atoms with Crippen LogP contribution < -0.4 is 4.74 Å². The second-order valence-electron chi connectivity index (χ2n) is 4.82. The van der Waals surface area contributed by atoms with Gasteiger partial charge in [-0.1, -0.05) is 12.1 Å². The zero-order chi connectivity index (χ0) is 13.1. The van der Waals surface area contributed by atoms with E-state index in [1.807, 2.05) is 24.1 Å². The molecule has 1 unspecified atom stereocenters. The molecule has 0 fully saturated rings. The monoisotopic (exact) mass is 249 g/mol. The van der Waals surface area contributed by atoms with Crippen LogP contribution in [-0.2, 0) is 17.8 Å². The summed E-state index contributed by atoms with van der Waals surface area (Å²) < 4.78 is 5.56. The minimum Gasteiger partial charge on any atom is -0.493 e. The van der Waals surface area contributed by atoms with Gasteiger partial charge in [0.1, 0.15) is 11.8 Å². The zero-order valence-corrected chi connectivity index (χ0v) is 10.8. The van der Waals surface area contributed by atoms with Crippen LogP contribution in [0.25, 0.3) is 0 Å². The summed E-state index contributed by atoms with van der Waals surface area (Å²) in [6.45, 7) is 3.13. The number of aryl methyl sites for hydroxylation is 1. The fourth-order valence-electron chi connectivity index (χ4n) is 2.13. The first-order valence-corrected chi connectivity index (χ1v) is 6.25. The van der Waals surface area contributed by atoms with E-state index < -0.39 is 12.0 Å². The topological polar surface area (TPSA) is 49.8 Å². The number of likely N-dealkylation sites (N-methyl/N-ethyl adjacent to an activating group) is 1. The number of nitrogens with zero attached hydrogens (tertiary/aromatic N) is 1. The second kappa shape index (κ2) is 5.40. The molecule has 1 N–H and O–H groups in total. The Morgan fingerprint density at radius 1 is 1.56 bits per heavy atom. The Morgan fingerprint density at radius 2 is 2.33 bits per heavy atom. The van der Waals surface area contributed by atoms with Crippen LogP contribution in [0.2, 0.25) is 0 Å². The van der Waals surface area contributed by atoms with Gasteiger partial charge in [-0.25, -0.2) is 0 Å². The van der Waals surface area contributed by atoms with E-state index in [9.17, 15) is 4.79 Å². The molecule has 0 spiro atoms. The highest BCUT2D eigenvalue weighted by Crippen LogP contribution is 2.26. The van der Waals surface area contributed by atoms with Crippen LogP contribution in [-0.4, -0.2) is 35.7 Å². The van der Waals surface area contributed by atoms with Crippen molar-refractivity contribution in [2.24, 2.45) is 0 Å². The summed E-state index contributed by atoms with van der Waals surface area (Å²) >= 11 is 0. The van der Waals surface area contributed by atoms with Crippen LogP contribution in [0.15, 0.2) is 18.2 Å². The Bertz CT molecular complexity index is 445. The van der Waals surface area contributed by atoms with Gasteiger partial charge in [-0.3, -0.25) is 9.69 Å². The average molecular weight is 249 g/mol. The number of hydrogen-bond acceptors (Lipinski definition) is 3. The molecule has 1 aromatic carbocycles. The third-order valence-electron chi connectivity index (χ3n) is 3.42. The number of ether oxygens (including phenoxy) is 1. The van der Waals surface area contributed by atoms with Crippen LogP contribution in [0.4, 0.5) is 0 Å². The van der Waals surface area contributed by atoms with Crippen molar-refractivity contribution >= 4 is 5.97 Å².